The standard InChI is InChI=1S/C14H24O2/c1-4-6-7-8-9-10-11-12-13(3)14(15)16-5-2/h11H,4-10H2,1-3H3. The first-order chi connectivity index (χ1) is 7.72. The van der Waals surface area contributed by atoms with Crippen molar-refractivity contribution in [1.82, 2.24) is 0 Å². The summed E-state index contributed by atoms with van der Waals surface area (Å²) in [6.45, 7) is 6.19. The highest BCUT2D eigenvalue weighted by molar-refractivity contribution is 5.87. The molecule has 92 valence electrons. The highest BCUT2D eigenvalue weighted by Gasteiger charge is 2.01. The first-order valence-electron chi connectivity index (χ1n) is 6.31. The third-order valence-electron chi connectivity index (χ3n) is 2.35. The first-order valence-corrected chi connectivity index (χ1v) is 6.31. The Kier molecular flexibility index (Phi) is 9.84. The van der Waals surface area contributed by atoms with Gasteiger partial charge < -0.3 is 4.74 Å². The number of hydrogen-bond acceptors (Lipinski definition) is 2. The van der Waals surface area contributed by atoms with Crippen molar-refractivity contribution < 1.29 is 9.53 Å². The van der Waals surface area contributed by atoms with Crippen LogP contribution in [-0.4, -0.2) is 12.6 Å². The summed E-state index contributed by atoms with van der Waals surface area (Å²) in [6.07, 6.45) is 9.30. The lowest BCUT2D eigenvalue weighted by molar-refractivity contribution is -0.138. The fraction of sp³-hybridized carbons (Fsp3) is 0.714. The minimum atomic E-state index is -0.260. The lowest BCUT2D eigenvalue weighted by atomic mass is 10.1. The van der Waals surface area contributed by atoms with Crippen LogP contribution in [0.5, 0.6) is 0 Å². The molecule has 0 aliphatic carbocycles. The fourth-order valence-corrected chi connectivity index (χ4v) is 1.37. The normalized spacial score (nSPS) is 9.44. The van der Waals surface area contributed by atoms with Crippen LogP contribution in [-0.2, 0) is 9.53 Å². The van der Waals surface area contributed by atoms with Crippen molar-refractivity contribution >= 4 is 5.97 Å². The molecule has 0 unspecified atom stereocenters. The lowest BCUT2D eigenvalue weighted by Gasteiger charge is -1.98. The molecule has 0 atom stereocenters. The van der Waals surface area contributed by atoms with Crippen molar-refractivity contribution in [2.45, 2.75) is 59.3 Å². The zero-order valence-corrected chi connectivity index (χ0v) is 10.8. The van der Waals surface area contributed by atoms with Gasteiger partial charge in [-0.1, -0.05) is 32.6 Å². The van der Waals surface area contributed by atoms with E-state index in [4.69, 9.17) is 4.74 Å². The zero-order valence-electron chi connectivity index (χ0n) is 10.8. The molecule has 0 fully saturated rings. The summed E-state index contributed by atoms with van der Waals surface area (Å²) >= 11 is 0. The van der Waals surface area contributed by atoms with E-state index in [9.17, 15) is 4.79 Å². The van der Waals surface area contributed by atoms with E-state index in [1.165, 1.54) is 32.1 Å². The van der Waals surface area contributed by atoms with E-state index in [2.05, 4.69) is 12.7 Å². The summed E-state index contributed by atoms with van der Waals surface area (Å²) in [4.78, 5) is 11.2. The van der Waals surface area contributed by atoms with Crippen molar-refractivity contribution in [3.63, 3.8) is 0 Å². The summed E-state index contributed by atoms with van der Waals surface area (Å²) < 4.78 is 4.86. The van der Waals surface area contributed by atoms with Crippen molar-refractivity contribution in [2.24, 2.45) is 0 Å². The second kappa shape index (κ2) is 10.5. The fourth-order valence-electron chi connectivity index (χ4n) is 1.37. The number of hydrogen-bond donors (Lipinski definition) is 0. The molecule has 0 spiro atoms. The van der Waals surface area contributed by atoms with Crippen molar-refractivity contribution in [2.75, 3.05) is 6.61 Å². The maximum absolute atomic E-state index is 11.2. The molecule has 0 radical (unpaired) electrons. The predicted molar refractivity (Wildman–Crippen MR) is 67.3 cm³/mol. The molecule has 0 amide bonds. The molecule has 2 nitrogen and oxygen atoms in total. The molecule has 0 aromatic rings. The molecule has 0 saturated heterocycles. The highest BCUT2D eigenvalue weighted by atomic mass is 16.5. The van der Waals surface area contributed by atoms with E-state index in [1.807, 2.05) is 13.0 Å². The van der Waals surface area contributed by atoms with E-state index in [0.717, 1.165) is 6.42 Å². The molecule has 2 heteroatoms. The van der Waals surface area contributed by atoms with Crippen LogP contribution in [0, 0.1) is 0 Å². The maximum atomic E-state index is 11.2. The van der Waals surface area contributed by atoms with Gasteiger partial charge in [0.25, 0.3) is 0 Å². The molecule has 16 heavy (non-hydrogen) atoms. The van der Waals surface area contributed by atoms with Gasteiger partial charge in [-0.15, -0.1) is 5.73 Å². The molecule has 0 saturated carbocycles. The van der Waals surface area contributed by atoms with Crippen molar-refractivity contribution in [3.8, 4) is 0 Å². The van der Waals surface area contributed by atoms with E-state index in [1.54, 1.807) is 6.92 Å². The van der Waals surface area contributed by atoms with Gasteiger partial charge in [-0.2, -0.15) is 0 Å². The van der Waals surface area contributed by atoms with Gasteiger partial charge in [-0.3, -0.25) is 0 Å². The Balaban J connectivity index is 3.71. The van der Waals surface area contributed by atoms with Gasteiger partial charge in [-0.25, -0.2) is 4.79 Å². The van der Waals surface area contributed by atoms with E-state index in [-0.39, 0.29) is 5.97 Å². The third kappa shape index (κ3) is 8.31. The van der Waals surface area contributed by atoms with Gasteiger partial charge in [0.15, 0.2) is 0 Å². The van der Waals surface area contributed by atoms with Crippen molar-refractivity contribution in [1.29, 1.82) is 0 Å². The van der Waals surface area contributed by atoms with Gasteiger partial charge in [-0.05, 0) is 32.8 Å². The topological polar surface area (TPSA) is 26.3 Å². The molecule has 0 rings (SSSR count). The van der Waals surface area contributed by atoms with Gasteiger partial charge in [0.2, 0.25) is 0 Å². The van der Waals surface area contributed by atoms with Crippen molar-refractivity contribution in [3.05, 3.63) is 17.4 Å². The van der Waals surface area contributed by atoms with Gasteiger partial charge in [0, 0.05) is 0 Å². The molecule has 0 aliphatic heterocycles. The Morgan fingerprint density at radius 2 is 1.88 bits per heavy atom. The Morgan fingerprint density at radius 1 is 1.19 bits per heavy atom. The lowest BCUT2D eigenvalue weighted by Crippen LogP contribution is -2.03. The number of ether oxygens (including phenoxy) is 1. The molecular formula is C14H24O2. The average Bonchev–Trinajstić information content (AvgIpc) is 2.28. The molecule has 0 heterocycles. The van der Waals surface area contributed by atoms with E-state index in [0.29, 0.717) is 12.2 Å². The SMILES string of the molecule is CCCCCCCC=C=C(C)C(=O)OCC. The number of esters is 1. The maximum Gasteiger partial charge on any atom is 0.341 e. The smallest absolute Gasteiger partial charge is 0.341 e. The van der Waals surface area contributed by atoms with Crippen LogP contribution >= 0.6 is 0 Å². The predicted octanol–water partition coefficient (Wildman–Crippen LogP) is 4.01. The van der Waals surface area contributed by atoms with Crippen LogP contribution in [0.4, 0.5) is 0 Å². The van der Waals surface area contributed by atoms with Gasteiger partial charge >= 0.3 is 5.97 Å². The average molecular weight is 224 g/mol. The number of rotatable bonds is 8. The van der Waals surface area contributed by atoms with Crippen LogP contribution in [0.15, 0.2) is 17.4 Å². The van der Waals surface area contributed by atoms with Gasteiger partial charge in [0.1, 0.15) is 0 Å². The Labute approximate surface area is 99.4 Å². The summed E-state index contributed by atoms with van der Waals surface area (Å²) in [5, 5.41) is 0. The Hall–Kier alpha value is -1.01. The molecule has 0 aromatic carbocycles. The minimum Gasteiger partial charge on any atom is -0.462 e. The molecule has 0 N–H and O–H groups in total. The third-order valence-corrected chi connectivity index (χ3v) is 2.35. The second-order valence-electron chi connectivity index (χ2n) is 3.90. The summed E-state index contributed by atoms with van der Waals surface area (Å²) in [7, 11) is 0. The Morgan fingerprint density at radius 3 is 2.50 bits per heavy atom. The highest BCUT2D eigenvalue weighted by Crippen LogP contribution is 2.05. The van der Waals surface area contributed by atoms with E-state index < -0.39 is 0 Å². The molecule has 0 aliphatic rings. The quantitative estimate of drug-likeness (QED) is 0.269. The molecular weight excluding hydrogens is 200 g/mol. The van der Waals surface area contributed by atoms with E-state index >= 15 is 0 Å². The summed E-state index contributed by atoms with van der Waals surface area (Å²) in [5.41, 5.74) is 3.54. The van der Waals surface area contributed by atoms with Crippen LogP contribution in [0.25, 0.3) is 0 Å². The largest absolute Gasteiger partial charge is 0.462 e. The van der Waals surface area contributed by atoms with Crippen LogP contribution in [0.3, 0.4) is 0 Å². The summed E-state index contributed by atoms with van der Waals surface area (Å²) in [5.74, 6) is -0.260. The Bertz CT molecular complexity index is 247. The van der Waals surface area contributed by atoms with Gasteiger partial charge in [0.05, 0.1) is 12.2 Å². The monoisotopic (exact) mass is 224 g/mol. The zero-order chi connectivity index (χ0) is 12.2. The van der Waals surface area contributed by atoms with Crippen LogP contribution in [0.2, 0.25) is 0 Å². The first kappa shape index (κ1) is 15.0. The minimum absolute atomic E-state index is 0.260. The number of carbonyl (C=O) groups is 1. The van der Waals surface area contributed by atoms with Crippen LogP contribution in [0.1, 0.15) is 59.3 Å². The number of unbranched alkanes of at least 4 members (excludes halogenated alkanes) is 5. The number of carbonyl (C=O) groups excluding carboxylic acids is 1. The summed E-state index contributed by atoms with van der Waals surface area (Å²) in [6, 6.07) is 0. The second-order valence-corrected chi connectivity index (χ2v) is 3.90. The molecule has 0 bridgehead atoms. The molecule has 0 aromatic heterocycles. The van der Waals surface area contributed by atoms with Crippen LogP contribution < -0.4 is 0 Å².